The Balaban J connectivity index is 2.42. The van der Waals surface area contributed by atoms with Gasteiger partial charge in [0.05, 0.1) is 18.4 Å². The van der Waals surface area contributed by atoms with Crippen LogP contribution in [0, 0.1) is 13.8 Å². The lowest BCUT2D eigenvalue weighted by atomic mass is 9.88. The number of hydrogen-bond donors (Lipinski definition) is 1. The van der Waals surface area contributed by atoms with E-state index in [1.54, 1.807) is 6.92 Å². The van der Waals surface area contributed by atoms with Gasteiger partial charge in [0.15, 0.2) is 5.78 Å². The predicted molar refractivity (Wildman–Crippen MR) is 66.1 cm³/mol. The van der Waals surface area contributed by atoms with Gasteiger partial charge in [0.1, 0.15) is 11.4 Å². The molecule has 2 rings (SSSR count). The van der Waals surface area contributed by atoms with Gasteiger partial charge in [-0.15, -0.1) is 0 Å². The number of ketones is 1. The van der Waals surface area contributed by atoms with Gasteiger partial charge in [-0.1, -0.05) is 0 Å². The fourth-order valence-electron chi connectivity index (χ4n) is 2.25. The second-order valence-electron chi connectivity index (χ2n) is 5.16. The molecule has 0 aliphatic carbocycles. The first-order valence-electron chi connectivity index (χ1n) is 5.86. The molecule has 4 heteroatoms. The Kier molecular flexibility index (Phi) is 2.89. The van der Waals surface area contributed by atoms with Crippen molar-refractivity contribution in [3.8, 4) is 5.75 Å². The second kappa shape index (κ2) is 4.12. The van der Waals surface area contributed by atoms with Crippen LogP contribution in [0.1, 0.15) is 41.3 Å². The molecule has 1 unspecified atom stereocenters. The summed E-state index contributed by atoms with van der Waals surface area (Å²) in [5.41, 5.74) is 1.67. The summed E-state index contributed by atoms with van der Waals surface area (Å²) in [6.07, 6.45) is -0.0695. The van der Waals surface area contributed by atoms with Gasteiger partial charge in [-0.2, -0.15) is 0 Å². The van der Waals surface area contributed by atoms with E-state index in [-0.39, 0.29) is 18.6 Å². The number of carboxylic acid groups (broad SMARTS) is 1. The van der Waals surface area contributed by atoms with Crippen LogP contribution in [0.4, 0.5) is 0 Å². The SMILES string of the molecule is Cc1cc2c(cc1C)C(=O)CC(C)(CC(=O)O)O2. The number of carboxylic acids is 1. The molecule has 1 atom stereocenters. The van der Waals surface area contributed by atoms with Crippen molar-refractivity contribution in [2.75, 3.05) is 0 Å². The first-order valence-corrected chi connectivity index (χ1v) is 5.86. The van der Waals surface area contributed by atoms with Crippen LogP contribution >= 0.6 is 0 Å². The van der Waals surface area contributed by atoms with Gasteiger partial charge in [0.25, 0.3) is 0 Å². The normalized spacial score (nSPS) is 22.3. The number of Topliss-reactive ketones (excluding diaryl/α,β-unsaturated/α-hetero) is 1. The fourth-order valence-corrected chi connectivity index (χ4v) is 2.25. The monoisotopic (exact) mass is 248 g/mol. The van der Waals surface area contributed by atoms with Crippen molar-refractivity contribution in [3.63, 3.8) is 0 Å². The van der Waals surface area contributed by atoms with Gasteiger partial charge < -0.3 is 9.84 Å². The first-order chi connectivity index (χ1) is 8.31. The third-order valence-electron chi connectivity index (χ3n) is 3.31. The molecule has 96 valence electrons. The number of carbonyl (C=O) groups excluding carboxylic acids is 1. The van der Waals surface area contributed by atoms with Crippen LogP contribution < -0.4 is 4.74 Å². The Labute approximate surface area is 106 Å². The van der Waals surface area contributed by atoms with E-state index in [1.807, 2.05) is 26.0 Å². The van der Waals surface area contributed by atoms with Crippen LogP contribution in [0.2, 0.25) is 0 Å². The van der Waals surface area contributed by atoms with Crippen molar-refractivity contribution >= 4 is 11.8 Å². The molecule has 0 aromatic heterocycles. The molecule has 18 heavy (non-hydrogen) atoms. The van der Waals surface area contributed by atoms with Crippen LogP contribution in [0.5, 0.6) is 5.75 Å². The maximum atomic E-state index is 12.1. The van der Waals surface area contributed by atoms with Crippen LogP contribution in [0.15, 0.2) is 12.1 Å². The van der Waals surface area contributed by atoms with E-state index >= 15 is 0 Å². The number of ether oxygens (including phenoxy) is 1. The fraction of sp³-hybridized carbons (Fsp3) is 0.429. The zero-order valence-electron chi connectivity index (χ0n) is 10.7. The topological polar surface area (TPSA) is 63.6 Å². The smallest absolute Gasteiger partial charge is 0.307 e. The van der Waals surface area contributed by atoms with Crippen molar-refractivity contribution in [1.29, 1.82) is 0 Å². The van der Waals surface area contributed by atoms with Crippen molar-refractivity contribution in [3.05, 3.63) is 28.8 Å². The Bertz CT molecular complexity index is 533. The van der Waals surface area contributed by atoms with Gasteiger partial charge in [-0.25, -0.2) is 0 Å². The van der Waals surface area contributed by atoms with Crippen molar-refractivity contribution < 1.29 is 19.4 Å². The summed E-state index contributed by atoms with van der Waals surface area (Å²) >= 11 is 0. The van der Waals surface area contributed by atoms with E-state index < -0.39 is 11.6 Å². The minimum Gasteiger partial charge on any atom is -0.486 e. The molecule has 1 aliphatic rings. The second-order valence-corrected chi connectivity index (χ2v) is 5.16. The maximum Gasteiger partial charge on any atom is 0.307 e. The number of hydrogen-bond acceptors (Lipinski definition) is 3. The molecule has 1 aromatic carbocycles. The highest BCUT2D eigenvalue weighted by Crippen LogP contribution is 2.36. The first kappa shape index (κ1) is 12.6. The predicted octanol–water partition coefficient (Wildman–Crippen LogP) is 2.50. The van der Waals surface area contributed by atoms with Crippen molar-refractivity contribution in [2.24, 2.45) is 0 Å². The quantitative estimate of drug-likeness (QED) is 0.873. The van der Waals surface area contributed by atoms with E-state index in [0.29, 0.717) is 11.3 Å². The molecule has 0 radical (unpaired) electrons. The highest BCUT2D eigenvalue weighted by molar-refractivity contribution is 6.01. The van der Waals surface area contributed by atoms with Gasteiger partial charge in [0.2, 0.25) is 0 Å². The molecule has 4 nitrogen and oxygen atoms in total. The van der Waals surface area contributed by atoms with Gasteiger partial charge >= 0.3 is 5.97 Å². The third-order valence-corrected chi connectivity index (χ3v) is 3.31. The van der Waals surface area contributed by atoms with Gasteiger partial charge in [-0.05, 0) is 44.0 Å². The Morgan fingerprint density at radius 1 is 1.39 bits per heavy atom. The van der Waals surface area contributed by atoms with Crippen LogP contribution in [0.3, 0.4) is 0 Å². The minimum absolute atomic E-state index is 0.0527. The van der Waals surface area contributed by atoms with Crippen LogP contribution in [0.25, 0.3) is 0 Å². The number of benzene rings is 1. The Morgan fingerprint density at radius 2 is 2.00 bits per heavy atom. The number of rotatable bonds is 2. The lowest BCUT2D eigenvalue weighted by Crippen LogP contribution is -2.41. The molecule has 0 bridgehead atoms. The molecular formula is C14H16O4. The van der Waals surface area contributed by atoms with Gasteiger partial charge in [0, 0.05) is 0 Å². The summed E-state index contributed by atoms with van der Waals surface area (Å²) in [6.45, 7) is 5.54. The molecule has 1 N–H and O–H groups in total. The number of fused-ring (bicyclic) bond motifs is 1. The van der Waals surface area contributed by atoms with Crippen molar-refractivity contribution in [1.82, 2.24) is 0 Å². The minimum atomic E-state index is -0.961. The average Bonchev–Trinajstić information content (AvgIpc) is 2.19. The lowest BCUT2D eigenvalue weighted by molar-refractivity contribution is -0.141. The molecule has 1 aromatic rings. The molecule has 1 aliphatic heterocycles. The number of aliphatic carboxylic acids is 1. The summed E-state index contributed by atoms with van der Waals surface area (Å²) in [5, 5.41) is 8.87. The lowest BCUT2D eigenvalue weighted by Gasteiger charge is -2.34. The van der Waals surface area contributed by atoms with Crippen LogP contribution in [-0.4, -0.2) is 22.5 Å². The molecule has 0 amide bonds. The molecule has 0 fully saturated rings. The molecular weight excluding hydrogens is 232 g/mol. The molecule has 0 spiro atoms. The van der Waals surface area contributed by atoms with E-state index in [4.69, 9.17) is 9.84 Å². The molecule has 0 saturated heterocycles. The highest BCUT2D eigenvalue weighted by atomic mass is 16.5. The summed E-state index contributed by atoms with van der Waals surface area (Å²) in [4.78, 5) is 22.9. The summed E-state index contributed by atoms with van der Waals surface area (Å²) < 4.78 is 5.73. The molecule has 1 heterocycles. The summed E-state index contributed by atoms with van der Waals surface area (Å²) in [5.74, 6) is -0.515. The van der Waals surface area contributed by atoms with E-state index in [9.17, 15) is 9.59 Å². The average molecular weight is 248 g/mol. The third kappa shape index (κ3) is 2.23. The zero-order valence-corrected chi connectivity index (χ0v) is 10.7. The Hall–Kier alpha value is -1.84. The Morgan fingerprint density at radius 3 is 2.61 bits per heavy atom. The number of aryl methyl sites for hydroxylation is 2. The standard InChI is InChI=1S/C14H16O4/c1-8-4-10-11(15)6-14(3,7-13(16)17)18-12(10)5-9(8)2/h4-5H,6-7H2,1-3H3,(H,16,17). The summed E-state index contributed by atoms with van der Waals surface area (Å²) in [6, 6.07) is 3.62. The van der Waals surface area contributed by atoms with E-state index in [1.165, 1.54) is 0 Å². The van der Waals surface area contributed by atoms with Crippen molar-refractivity contribution in [2.45, 2.75) is 39.2 Å². The highest BCUT2D eigenvalue weighted by Gasteiger charge is 2.38. The van der Waals surface area contributed by atoms with E-state index in [0.717, 1.165) is 11.1 Å². The van der Waals surface area contributed by atoms with E-state index in [2.05, 4.69) is 0 Å². The largest absolute Gasteiger partial charge is 0.486 e. The zero-order chi connectivity index (χ0) is 13.5. The van der Waals surface area contributed by atoms with Crippen LogP contribution in [-0.2, 0) is 4.79 Å². The number of carbonyl (C=O) groups is 2. The maximum absolute atomic E-state index is 12.1. The summed E-state index contributed by atoms with van der Waals surface area (Å²) in [7, 11) is 0. The molecule has 0 saturated carbocycles. The van der Waals surface area contributed by atoms with Gasteiger partial charge in [-0.3, -0.25) is 9.59 Å².